The van der Waals surface area contributed by atoms with Gasteiger partial charge in [-0.25, -0.2) is 0 Å². The lowest BCUT2D eigenvalue weighted by atomic mass is 10.1. The van der Waals surface area contributed by atoms with Crippen molar-refractivity contribution in [1.29, 1.82) is 0 Å². The van der Waals surface area contributed by atoms with E-state index in [1.807, 2.05) is 6.08 Å². The first-order valence-electron chi connectivity index (χ1n) is 22.2. The van der Waals surface area contributed by atoms with Crippen LogP contribution in [-0.4, -0.2) is 34.9 Å². The molecule has 0 aromatic heterocycles. The van der Waals surface area contributed by atoms with Crippen LogP contribution in [-0.2, 0) is 4.79 Å². The summed E-state index contributed by atoms with van der Waals surface area (Å²) in [6, 6.07) is -0.666. The van der Waals surface area contributed by atoms with Crippen LogP contribution in [0.3, 0.4) is 0 Å². The van der Waals surface area contributed by atoms with Gasteiger partial charge in [-0.2, -0.15) is 0 Å². The fourth-order valence-corrected chi connectivity index (χ4v) is 5.36. The van der Waals surface area contributed by atoms with Crippen LogP contribution in [0.15, 0.2) is 158 Å². The van der Waals surface area contributed by atoms with Gasteiger partial charge in [0.1, 0.15) is 0 Å². The zero-order chi connectivity index (χ0) is 41.4. The van der Waals surface area contributed by atoms with E-state index in [4.69, 9.17) is 0 Å². The third-order valence-corrected chi connectivity index (χ3v) is 8.74. The Bertz CT molecular complexity index is 1300. The average Bonchev–Trinajstić information content (AvgIpc) is 3.22. The summed E-state index contributed by atoms with van der Waals surface area (Å²) in [6.45, 7) is 4.06. The Labute approximate surface area is 350 Å². The molecule has 57 heavy (non-hydrogen) atoms. The van der Waals surface area contributed by atoms with Crippen molar-refractivity contribution >= 4 is 5.91 Å². The Morgan fingerprint density at radius 3 is 1.19 bits per heavy atom. The van der Waals surface area contributed by atoms with Crippen LogP contribution in [0.5, 0.6) is 0 Å². The second kappa shape index (κ2) is 46.4. The van der Waals surface area contributed by atoms with Crippen molar-refractivity contribution in [2.75, 3.05) is 6.61 Å². The maximum Gasteiger partial charge on any atom is 0.220 e. The highest BCUT2D eigenvalue weighted by Crippen LogP contribution is 2.07. The van der Waals surface area contributed by atoms with E-state index < -0.39 is 12.1 Å². The van der Waals surface area contributed by atoms with Crippen molar-refractivity contribution in [2.45, 2.75) is 161 Å². The molecule has 0 aliphatic carbocycles. The zero-order valence-electron chi connectivity index (χ0n) is 36.0. The van der Waals surface area contributed by atoms with Crippen LogP contribution >= 0.6 is 0 Å². The van der Waals surface area contributed by atoms with E-state index in [1.165, 1.54) is 12.8 Å². The molecule has 2 atom stereocenters. The highest BCUT2D eigenvalue weighted by molar-refractivity contribution is 5.76. The van der Waals surface area contributed by atoms with Gasteiger partial charge in [-0.05, 0) is 109 Å². The molecule has 4 heteroatoms. The first-order chi connectivity index (χ1) is 28.2. The summed E-state index contributed by atoms with van der Waals surface area (Å²) in [5, 5.41) is 22.7. The molecule has 0 aromatic rings. The van der Waals surface area contributed by atoms with Crippen molar-refractivity contribution in [2.24, 2.45) is 0 Å². The van der Waals surface area contributed by atoms with E-state index >= 15 is 0 Å². The number of unbranched alkanes of at least 4 members (excludes halogenated alkanes) is 6. The second-order valence-corrected chi connectivity index (χ2v) is 14.0. The molecule has 1 amide bonds. The van der Waals surface area contributed by atoms with Crippen LogP contribution in [0.25, 0.3) is 0 Å². The average molecular weight is 780 g/mol. The standard InChI is InChI=1S/C53H81NO3/c1-3-5-7-9-11-13-14-15-16-17-18-19-20-21-22-23-24-25-26-27-28-29-30-31-32-33-34-35-36-37-38-39-40-41-43-45-47-49-53(57)54-51(50-55)52(56)48-46-44-42-12-10-8-6-4-2/h5,7,10-13,15-16,18-19,21-22,24-25,27-28,30-31,33-34,36-37,39-40,46,48,51-52,55-56H,3-4,6,8-9,14,17,20,23,26,29,32,35,38,41-45,47,49-50H2,1-2H3,(H,54,57)/b7-5-,12-10+,13-11-,16-15-,19-18-,22-21-,25-24-,28-27-,31-30-,34-33-,37-36-,40-39-,48-46+. The molecular weight excluding hydrogens is 699 g/mol. The number of hydrogen-bond donors (Lipinski definition) is 3. The van der Waals surface area contributed by atoms with Gasteiger partial charge in [-0.3, -0.25) is 4.79 Å². The predicted molar refractivity (Wildman–Crippen MR) is 252 cm³/mol. The lowest BCUT2D eigenvalue weighted by Gasteiger charge is -2.19. The quantitative estimate of drug-likeness (QED) is 0.0434. The Balaban J connectivity index is 3.76. The molecule has 3 N–H and O–H groups in total. The van der Waals surface area contributed by atoms with Gasteiger partial charge in [0.2, 0.25) is 5.91 Å². The Morgan fingerprint density at radius 2 is 0.789 bits per heavy atom. The van der Waals surface area contributed by atoms with Crippen LogP contribution in [0, 0.1) is 0 Å². The fraction of sp³-hybridized carbons (Fsp3) is 0.491. The molecule has 0 aliphatic rings. The molecule has 0 spiro atoms. The van der Waals surface area contributed by atoms with E-state index in [1.54, 1.807) is 6.08 Å². The minimum absolute atomic E-state index is 0.119. The lowest BCUT2D eigenvalue weighted by Crippen LogP contribution is -2.45. The number of allylic oxidation sites excluding steroid dienone is 25. The van der Waals surface area contributed by atoms with Crippen molar-refractivity contribution in [1.82, 2.24) is 5.32 Å². The summed E-state index contributed by atoms with van der Waals surface area (Å²) in [5.74, 6) is -0.119. The summed E-state index contributed by atoms with van der Waals surface area (Å²) in [6.07, 6.45) is 76.5. The molecule has 0 radical (unpaired) electrons. The molecule has 2 unspecified atom stereocenters. The van der Waals surface area contributed by atoms with Crippen LogP contribution in [0.4, 0.5) is 0 Å². The number of nitrogens with one attached hydrogen (secondary N) is 1. The molecular formula is C53H81NO3. The van der Waals surface area contributed by atoms with Gasteiger partial charge in [0.25, 0.3) is 0 Å². The zero-order valence-corrected chi connectivity index (χ0v) is 36.0. The van der Waals surface area contributed by atoms with E-state index in [0.717, 1.165) is 116 Å². The SMILES string of the molecule is CC/C=C\C/C=C\C/C=C\C/C=C\C/C=C\C/C=C\C/C=C\C/C=C\C/C=C\C/C=C\C/C=C\CCCCCC(=O)NC(CO)C(O)/C=C/CC/C=C/CCCC. The van der Waals surface area contributed by atoms with Gasteiger partial charge in [-0.15, -0.1) is 0 Å². The van der Waals surface area contributed by atoms with Gasteiger partial charge in [0.05, 0.1) is 18.8 Å². The van der Waals surface area contributed by atoms with Crippen molar-refractivity contribution in [3.63, 3.8) is 0 Å². The fourth-order valence-electron chi connectivity index (χ4n) is 5.36. The third-order valence-electron chi connectivity index (χ3n) is 8.74. The van der Waals surface area contributed by atoms with Crippen LogP contribution < -0.4 is 5.32 Å². The maximum atomic E-state index is 12.3. The molecule has 0 aliphatic heterocycles. The van der Waals surface area contributed by atoms with Gasteiger partial charge >= 0.3 is 0 Å². The van der Waals surface area contributed by atoms with E-state index in [9.17, 15) is 15.0 Å². The minimum Gasteiger partial charge on any atom is -0.394 e. The number of aliphatic hydroxyl groups is 2. The first kappa shape index (κ1) is 53.0. The molecule has 4 nitrogen and oxygen atoms in total. The monoisotopic (exact) mass is 780 g/mol. The van der Waals surface area contributed by atoms with Gasteiger partial charge in [0, 0.05) is 6.42 Å². The molecule has 0 saturated heterocycles. The molecule has 0 fully saturated rings. The molecule has 0 saturated carbocycles. The summed E-state index contributed by atoms with van der Waals surface area (Å²) in [7, 11) is 0. The van der Waals surface area contributed by atoms with E-state index in [-0.39, 0.29) is 12.5 Å². The van der Waals surface area contributed by atoms with Crippen LogP contribution in [0.2, 0.25) is 0 Å². The molecule has 0 aromatic carbocycles. The first-order valence-corrected chi connectivity index (χ1v) is 22.2. The normalized spacial score (nSPS) is 14.5. The summed E-state index contributed by atoms with van der Waals surface area (Å²) < 4.78 is 0. The number of aliphatic hydroxyl groups excluding tert-OH is 2. The molecule has 0 bridgehead atoms. The number of carbonyl (C=O) groups excluding carboxylic acids is 1. The van der Waals surface area contributed by atoms with E-state index in [2.05, 4.69) is 165 Å². The minimum atomic E-state index is -0.885. The van der Waals surface area contributed by atoms with E-state index in [0.29, 0.717) is 6.42 Å². The molecule has 0 heterocycles. The van der Waals surface area contributed by atoms with Crippen molar-refractivity contribution in [3.8, 4) is 0 Å². The predicted octanol–water partition coefficient (Wildman–Crippen LogP) is 14.3. The smallest absolute Gasteiger partial charge is 0.220 e. The van der Waals surface area contributed by atoms with Gasteiger partial charge in [-0.1, -0.05) is 191 Å². The second-order valence-electron chi connectivity index (χ2n) is 14.0. The Kier molecular flexibility index (Phi) is 43.1. The Hall–Kier alpha value is -3.99. The van der Waals surface area contributed by atoms with Crippen molar-refractivity contribution < 1.29 is 15.0 Å². The largest absolute Gasteiger partial charge is 0.394 e. The molecule has 0 rings (SSSR count). The number of hydrogen-bond acceptors (Lipinski definition) is 3. The third kappa shape index (κ3) is 43.0. The Morgan fingerprint density at radius 1 is 0.439 bits per heavy atom. The summed E-state index contributed by atoms with van der Waals surface area (Å²) in [4.78, 5) is 12.3. The molecule has 316 valence electrons. The highest BCUT2D eigenvalue weighted by Gasteiger charge is 2.17. The number of rotatable bonds is 37. The summed E-state index contributed by atoms with van der Waals surface area (Å²) >= 11 is 0. The lowest BCUT2D eigenvalue weighted by molar-refractivity contribution is -0.123. The van der Waals surface area contributed by atoms with Crippen LogP contribution in [0.1, 0.15) is 149 Å². The topological polar surface area (TPSA) is 69.6 Å². The van der Waals surface area contributed by atoms with Gasteiger partial charge < -0.3 is 15.5 Å². The van der Waals surface area contributed by atoms with Gasteiger partial charge in [0.15, 0.2) is 0 Å². The van der Waals surface area contributed by atoms with Crippen molar-refractivity contribution in [3.05, 3.63) is 158 Å². The summed E-state index contributed by atoms with van der Waals surface area (Å²) in [5.41, 5.74) is 0. The number of carbonyl (C=O) groups is 1. The maximum absolute atomic E-state index is 12.3. The highest BCUT2D eigenvalue weighted by atomic mass is 16.3. The number of amides is 1.